The summed E-state index contributed by atoms with van der Waals surface area (Å²) in [6.45, 7) is 3.11. The van der Waals surface area contributed by atoms with Crippen LogP contribution in [-0.4, -0.2) is 27.8 Å². The third-order valence-electron chi connectivity index (χ3n) is 7.74. The highest BCUT2D eigenvalue weighted by Gasteiger charge is 2.46. The van der Waals surface area contributed by atoms with E-state index in [9.17, 15) is 0 Å². The second-order valence-corrected chi connectivity index (χ2v) is 11.0. The number of rotatable bonds is 18. The van der Waals surface area contributed by atoms with Gasteiger partial charge in [-0.25, -0.2) is 4.98 Å². The van der Waals surface area contributed by atoms with E-state index in [1.165, 1.54) is 95.5 Å². The number of benzene rings is 1. The standard InChI is InChI=1S/C30H48ClN3O/c1-3-4-5-6-7-8-9-10-11-12-13-14-15-16-17-29-24-30(33(2)35-29,25-34-23-22-32-26-34)27-18-20-28(31)21-19-27/h18-23,26,29H,3-17,24-25H2,1-2H3. The molecule has 0 spiro atoms. The van der Waals surface area contributed by atoms with E-state index in [1.807, 2.05) is 30.9 Å². The third kappa shape index (κ3) is 9.22. The van der Waals surface area contributed by atoms with Crippen LogP contribution in [0.15, 0.2) is 43.0 Å². The van der Waals surface area contributed by atoms with Gasteiger partial charge in [-0.1, -0.05) is 121 Å². The first-order chi connectivity index (χ1) is 17.1. The van der Waals surface area contributed by atoms with Crippen LogP contribution in [0.3, 0.4) is 0 Å². The van der Waals surface area contributed by atoms with Crippen molar-refractivity contribution in [1.82, 2.24) is 14.6 Å². The number of aromatic nitrogens is 2. The molecular weight excluding hydrogens is 454 g/mol. The van der Waals surface area contributed by atoms with Crippen LogP contribution in [0.5, 0.6) is 0 Å². The Morgan fingerprint density at radius 2 is 1.46 bits per heavy atom. The Morgan fingerprint density at radius 3 is 2.00 bits per heavy atom. The summed E-state index contributed by atoms with van der Waals surface area (Å²) in [7, 11) is 2.08. The second kappa shape index (κ2) is 15.7. The quantitative estimate of drug-likeness (QED) is 0.191. The molecule has 2 aromatic rings. The number of hydroxylamine groups is 2. The fourth-order valence-electron chi connectivity index (χ4n) is 5.59. The molecule has 0 N–H and O–H groups in total. The number of hydrogen-bond acceptors (Lipinski definition) is 3. The van der Waals surface area contributed by atoms with Crippen molar-refractivity contribution in [3.05, 3.63) is 53.6 Å². The zero-order chi connectivity index (χ0) is 24.8. The molecule has 35 heavy (non-hydrogen) atoms. The molecule has 196 valence electrons. The molecule has 0 saturated carbocycles. The Hall–Kier alpha value is -1.36. The Bertz CT molecular complexity index is 794. The molecule has 2 unspecified atom stereocenters. The predicted octanol–water partition coefficient (Wildman–Crippen LogP) is 8.94. The van der Waals surface area contributed by atoms with Gasteiger partial charge >= 0.3 is 0 Å². The molecule has 3 rings (SSSR count). The first kappa shape index (κ1) is 28.2. The fourth-order valence-corrected chi connectivity index (χ4v) is 5.71. The van der Waals surface area contributed by atoms with Gasteiger partial charge in [0.2, 0.25) is 0 Å². The van der Waals surface area contributed by atoms with Crippen molar-refractivity contribution in [2.45, 2.75) is 128 Å². The highest BCUT2D eigenvalue weighted by atomic mass is 35.5. The van der Waals surface area contributed by atoms with Gasteiger partial charge in [0.15, 0.2) is 0 Å². The van der Waals surface area contributed by atoms with Crippen LogP contribution in [0.4, 0.5) is 0 Å². The van der Waals surface area contributed by atoms with Crippen molar-refractivity contribution in [3.63, 3.8) is 0 Å². The van der Waals surface area contributed by atoms with Gasteiger partial charge in [-0.3, -0.25) is 4.84 Å². The minimum absolute atomic E-state index is 0.202. The van der Waals surface area contributed by atoms with Gasteiger partial charge in [0.05, 0.1) is 18.0 Å². The summed E-state index contributed by atoms with van der Waals surface area (Å²) in [5, 5.41) is 2.86. The number of likely N-dealkylation sites (N-methyl/N-ethyl adjacent to an activating group) is 1. The second-order valence-electron chi connectivity index (χ2n) is 10.6. The minimum atomic E-state index is -0.202. The monoisotopic (exact) mass is 501 g/mol. The molecule has 0 radical (unpaired) electrons. The third-order valence-corrected chi connectivity index (χ3v) is 7.99. The molecule has 1 fully saturated rings. The molecule has 1 aromatic carbocycles. The van der Waals surface area contributed by atoms with Crippen LogP contribution in [0.2, 0.25) is 5.02 Å². The van der Waals surface area contributed by atoms with Crippen LogP contribution in [0.25, 0.3) is 0 Å². The van der Waals surface area contributed by atoms with Crippen LogP contribution in [0, 0.1) is 0 Å². The molecular formula is C30H48ClN3O. The summed E-state index contributed by atoms with van der Waals surface area (Å²) in [4.78, 5) is 10.6. The maximum absolute atomic E-state index is 6.39. The van der Waals surface area contributed by atoms with Crippen LogP contribution >= 0.6 is 11.6 Å². The molecule has 5 heteroatoms. The molecule has 0 amide bonds. The number of imidazole rings is 1. The van der Waals surface area contributed by atoms with Gasteiger partial charge in [0.1, 0.15) is 0 Å². The normalized spacial score (nSPS) is 20.6. The summed E-state index contributed by atoms with van der Waals surface area (Å²) in [5.74, 6) is 0. The summed E-state index contributed by atoms with van der Waals surface area (Å²) >= 11 is 6.18. The van der Waals surface area contributed by atoms with Gasteiger partial charge < -0.3 is 4.57 Å². The average Bonchev–Trinajstić information content (AvgIpc) is 3.48. The van der Waals surface area contributed by atoms with Gasteiger partial charge in [-0.2, -0.15) is 5.06 Å². The average molecular weight is 502 g/mol. The van der Waals surface area contributed by atoms with E-state index in [1.54, 1.807) is 0 Å². The molecule has 1 aromatic heterocycles. The first-order valence-electron chi connectivity index (χ1n) is 14.3. The summed E-state index contributed by atoms with van der Waals surface area (Å²) in [6, 6.07) is 8.27. The summed E-state index contributed by atoms with van der Waals surface area (Å²) in [5.41, 5.74) is 1.05. The molecule has 0 aliphatic carbocycles. The number of hydrogen-bond donors (Lipinski definition) is 0. The highest BCUT2D eigenvalue weighted by molar-refractivity contribution is 6.30. The molecule has 2 heterocycles. The van der Waals surface area contributed by atoms with Crippen molar-refractivity contribution in [2.75, 3.05) is 7.05 Å². The molecule has 1 aliphatic rings. The lowest BCUT2D eigenvalue weighted by atomic mass is 9.84. The maximum Gasteiger partial charge on any atom is 0.0946 e. The lowest BCUT2D eigenvalue weighted by molar-refractivity contribution is -0.176. The van der Waals surface area contributed by atoms with Gasteiger partial charge in [-0.15, -0.1) is 0 Å². The van der Waals surface area contributed by atoms with Crippen LogP contribution in [-0.2, 0) is 16.9 Å². The van der Waals surface area contributed by atoms with E-state index >= 15 is 0 Å². The zero-order valence-electron chi connectivity index (χ0n) is 22.3. The number of unbranched alkanes of at least 4 members (excludes halogenated alkanes) is 13. The lowest BCUT2D eigenvalue weighted by Gasteiger charge is -2.35. The smallest absolute Gasteiger partial charge is 0.0946 e. The Morgan fingerprint density at radius 1 is 0.886 bits per heavy atom. The van der Waals surface area contributed by atoms with Gasteiger partial charge in [0.25, 0.3) is 0 Å². The van der Waals surface area contributed by atoms with Crippen LogP contribution < -0.4 is 0 Å². The Kier molecular flexibility index (Phi) is 12.6. The van der Waals surface area contributed by atoms with Gasteiger partial charge in [0, 0.05) is 37.4 Å². The molecule has 1 saturated heterocycles. The predicted molar refractivity (Wildman–Crippen MR) is 148 cm³/mol. The zero-order valence-corrected chi connectivity index (χ0v) is 23.0. The fraction of sp³-hybridized carbons (Fsp3) is 0.700. The molecule has 1 aliphatic heterocycles. The maximum atomic E-state index is 6.39. The topological polar surface area (TPSA) is 30.3 Å². The number of nitrogens with zero attached hydrogens (tertiary/aromatic N) is 3. The van der Waals surface area contributed by atoms with E-state index in [0.29, 0.717) is 0 Å². The molecule has 2 atom stereocenters. The van der Waals surface area contributed by atoms with E-state index in [0.717, 1.165) is 24.4 Å². The summed E-state index contributed by atoms with van der Waals surface area (Å²) < 4.78 is 2.16. The first-order valence-corrected chi connectivity index (χ1v) is 14.6. The van der Waals surface area contributed by atoms with E-state index in [-0.39, 0.29) is 11.6 Å². The van der Waals surface area contributed by atoms with E-state index < -0.39 is 0 Å². The highest BCUT2D eigenvalue weighted by Crippen LogP contribution is 2.42. The van der Waals surface area contributed by atoms with E-state index in [2.05, 4.69) is 40.7 Å². The lowest BCUT2D eigenvalue weighted by Crippen LogP contribution is -2.41. The van der Waals surface area contributed by atoms with Gasteiger partial charge in [-0.05, 0) is 24.1 Å². The SMILES string of the molecule is CCCCCCCCCCCCCCCCC1CC(Cn2ccnc2)(c2ccc(Cl)cc2)N(C)O1. The van der Waals surface area contributed by atoms with Crippen molar-refractivity contribution in [3.8, 4) is 0 Å². The van der Waals surface area contributed by atoms with Crippen molar-refractivity contribution >= 4 is 11.6 Å². The largest absolute Gasteiger partial charge is 0.335 e. The number of halogens is 1. The van der Waals surface area contributed by atoms with Crippen molar-refractivity contribution in [1.29, 1.82) is 0 Å². The van der Waals surface area contributed by atoms with E-state index in [4.69, 9.17) is 16.4 Å². The minimum Gasteiger partial charge on any atom is -0.335 e. The van der Waals surface area contributed by atoms with Crippen LogP contribution in [0.1, 0.15) is 115 Å². The molecule has 4 nitrogen and oxygen atoms in total. The Balaban J connectivity index is 1.32. The van der Waals surface area contributed by atoms with Crippen molar-refractivity contribution < 1.29 is 4.84 Å². The summed E-state index contributed by atoms with van der Waals surface area (Å²) in [6.07, 6.45) is 27.7. The molecule has 0 bridgehead atoms. The van der Waals surface area contributed by atoms with Crippen molar-refractivity contribution in [2.24, 2.45) is 0 Å². The Labute approximate surface area is 219 Å².